The predicted octanol–water partition coefficient (Wildman–Crippen LogP) is 2.97. The minimum Gasteiger partial charge on any atom is -0.391 e. The van der Waals surface area contributed by atoms with Gasteiger partial charge in [0.05, 0.1) is 12.1 Å². The third-order valence-electron chi connectivity index (χ3n) is 6.42. The van der Waals surface area contributed by atoms with Gasteiger partial charge in [-0.2, -0.15) is 0 Å². The van der Waals surface area contributed by atoms with Crippen LogP contribution in [-0.2, 0) is 0 Å². The van der Waals surface area contributed by atoms with Crippen LogP contribution in [0.4, 0.5) is 5.82 Å². The summed E-state index contributed by atoms with van der Waals surface area (Å²) in [5, 5.41) is 18.4. The first-order valence-electron chi connectivity index (χ1n) is 11.4. The molecule has 0 saturated heterocycles. The molecule has 3 aromatic heterocycles. The minimum absolute atomic E-state index is 0.187. The van der Waals surface area contributed by atoms with Gasteiger partial charge in [0.25, 0.3) is 5.91 Å². The van der Waals surface area contributed by atoms with Crippen molar-refractivity contribution >= 4 is 17.3 Å². The summed E-state index contributed by atoms with van der Waals surface area (Å²) in [6.07, 6.45) is 9.25. The molecule has 1 aliphatic heterocycles. The molecule has 1 saturated carbocycles. The van der Waals surface area contributed by atoms with Crippen molar-refractivity contribution in [2.75, 3.05) is 11.4 Å². The SMILES string of the molecule is CC(O)C(C)n1cnnc1-c1cccc(N2CC(c3ccnc(C(N)=O)c3)=CC=C2C2CC2)n1. The fourth-order valence-corrected chi connectivity index (χ4v) is 4.15. The van der Waals surface area contributed by atoms with E-state index in [1.807, 2.05) is 35.8 Å². The Labute approximate surface area is 197 Å². The van der Waals surface area contributed by atoms with E-state index in [0.29, 0.717) is 24.0 Å². The third-order valence-corrected chi connectivity index (χ3v) is 6.42. The highest BCUT2D eigenvalue weighted by Gasteiger charge is 2.33. The number of nitrogens with two attached hydrogens (primary N) is 1. The van der Waals surface area contributed by atoms with Crippen LogP contribution >= 0.6 is 0 Å². The number of rotatable bonds is 7. The largest absolute Gasteiger partial charge is 0.391 e. The van der Waals surface area contributed by atoms with Gasteiger partial charge in [0.1, 0.15) is 23.5 Å². The van der Waals surface area contributed by atoms with Crippen molar-refractivity contribution < 1.29 is 9.90 Å². The van der Waals surface area contributed by atoms with E-state index in [9.17, 15) is 9.90 Å². The molecule has 3 aromatic rings. The van der Waals surface area contributed by atoms with Gasteiger partial charge in [-0.15, -0.1) is 10.2 Å². The number of aromatic nitrogens is 5. The smallest absolute Gasteiger partial charge is 0.267 e. The van der Waals surface area contributed by atoms with Crippen LogP contribution in [0.5, 0.6) is 0 Å². The molecule has 1 amide bonds. The van der Waals surface area contributed by atoms with Crippen LogP contribution in [0.15, 0.2) is 60.7 Å². The predicted molar refractivity (Wildman–Crippen MR) is 129 cm³/mol. The van der Waals surface area contributed by atoms with Crippen LogP contribution in [0.1, 0.15) is 48.8 Å². The number of allylic oxidation sites excluding steroid dienone is 3. The maximum absolute atomic E-state index is 11.6. The highest BCUT2D eigenvalue weighted by molar-refractivity contribution is 5.92. The molecular formula is C25H27N7O2. The second kappa shape index (κ2) is 8.83. The molecular weight excluding hydrogens is 430 g/mol. The van der Waals surface area contributed by atoms with E-state index < -0.39 is 12.0 Å². The molecule has 1 fully saturated rings. The van der Waals surface area contributed by atoms with Crippen molar-refractivity contribution in [3.63, 3.8) is 0 Å². The van der Waals surface area contributed by atoms with E-state index in [1.54, 1.807) is 25.5 Å². The lowest BCUT2D eigenvalue weighted by Crippen LogP contribution is -2.29. The van der Waals surface area contributed by atoms with E-state index in [4.69, 9.17) is 10.7 Å². The normalized spacial score (nSPS) is 17.7. The van der Waals surface area contributed by atoms with Gasteiger partial charge in [0.15, 0.2) is 5.82 Å². The lowest BCUT2D eigenvalue weighted by Gasteiger charge is -2.31. The van der Waals surface area contributed by atoms with Crippen molar-refractivity contribution in [3.8, 4) is 11.5 Å². The average Bonchev–Trinajstić information content (AvgIpc) is 3.59. The molecule has 2 aliphatic rings. The zero-order chi connectivity index (χ0) is 23.8. The number of hydrogen-bond donors (Lipinski definition) is 2. The molecule has 0 spiro atoms. The summed E-state index contributed by atoms with van der Waals surface area (Å²) < 4.78 is 1.85. The molecule has 3 N–H and O–H groups in total. The van der Waals surface area contributed by atoms with Gasteiger partial charge in [-0.05, 0) is 74.1 Å². The van der Waals surface area contributed by atoms with E-state index in [-0.39, 0.29) is 11.7 Å². The molecule has 174 valence electrons. The Hall–Kier alpha value is -3.85. The van der Waals surface area contributed by atoms with E-state index >= 15 is 0 Å². The zero-order valence-electron chi connectivity index (χ0n) is 19.2. The first-order valence-corrected chi connectivity index (χ1v) is 11.4. The second-order valence-electron chi connectivity index (χ2n) is 8.86. The highest BCUT2D eigenvalue weighted by Crippen LogP contribution is 2.42. The van der Waals surface area contributed by atoms with Crippen LogP contribution in [-0.4, -0.2) is 48.4 Å². The molecule has 34 heavy (non-hydrogen) atoms. The van der Waals surface area contributed by atoms with Gasteiger partial charge >= 0.3 is 0 Å². The number of nitrogens with zero attached hydrogens (tertiary/aromatic N) is 6. The van der Waals surface area contributed by atoms with Crippen LogP contribution in [0.3, 0.4) is 0 Å². The number of amides is 1. The molecule has 1 aliphatic carbocycles. The first kappa shape index (κ1) is 22.0. The number of aliphatic hydroxyl groups is 1. The van der Waals surface area contributed by atoms with Crippen molar-refractivity contribution in [3.05, 3.63) is 72.0 Å². The zero-order valence-corrected chi connectivity index (χ0v) is 19.2. The third kappa shape index (κ3) is 4.22. The van der Waals surface area contributed by atoms with Crippen molar-refractivity contribution in [1.82, 2.24) is 24.7 Å². The lowest BCUT2D eigenvalue weighted by molar-refractivity contribution is 0.0995. The van der Waals surface area contributed by atoms with E-state index in [0.717, 1.165) is 29.8 Å². The lowest BCUT2D eigenvalue weighted by atomic mass is 10.0. The Morgan fingerprint density at radius 2 is 2.03 bits per heavy atom. The molecule has 0 bridgehead atoms. The number of primary amides is 1. The molecule has 0 aromatic carbocycles. The van der Waals surface area contributed by atoms with Gasteiger partial charge in [-0.1, -0.05) is 12.1 Å². The fourth-order valence-electron chi connectivity index (χ4n) is 4.15. The molecule has 5 rings (SSSR count). The summed E-state index contributed by atoms with van der Waals surface area (Å²) in [6, 6.07) is 9.28. The molecule has 0 radical (unpaired) electrons. The first-order chi connectivity index (χ1) is 16.4. The number of anilines is 1. The summed E-state index contributed by atoms with van der Waals surface area (Å²) in [5.74, 6) is 1.39. The second-order valence-corrected chi connectivity index (χ2v) is 8.86. The molecule has 9 heteroatoms. The number of carbonyl (C=O) groups excluding carboxylic acids is 1. The molecule has 2 unspecified atom stereocenters. The van der Waals surface area contributed by atoms with Crippen LogP contribution in [0, 0.1) is 5.92 Å². The summed E-state index contributed by atoms with van der Waals surface area (Å²) in [6.45, 7) is 4.28. The van der Waals surface area contributed by atoms with Gasteiger partial charge < -0.3 is 20.3 Å². The summed E-state index contributed by atoms with van der Waals surface area (Å²) >= 11 is 0. The van der Waals surface area contributed by atoms with E-state index in [2.05, 4.69) is 32.2 Å². The topological polar surface area (TPSA) is 123 Å². The standard InChI is InChI=1S/C25H27N7O2/c1-15(16(2)33)32-14-28-30-25(32)20-4-3-5-23(29-20)31-13-19(8-9-22(31)17-6-7-17)18-10-11-27-21(12-18)24(26)34/h3-5,8-12,14-17,33H,6-7,13H2,1-2H3,(H2,26,34). The monoisotopic (exact) mass is 457 g/mol. The number of hydrogen-bond acceptors (Lipinski definition) is 7. The molecule has 9 nitrogen and oxygen atoms in total. The number of pyridine rings is 2. The van der Waals surface area contributed by atoms with E-state index in [1.165, 1.54) is 5.70 Å². The maximum atomic E-state index is 11.6. The fraction of sp³-hybridized carbons (Fsp3) is 0.320. The Kier molecular flexibility index (Phi) is 5.70. The van der Waals surface area contributed by atoms with Crippen LogP contribution in [0.25, 0.3) is 17.1 Å². The Bertz CT molecular complexity index is 1290. The Balaban J connectivity index is 1.50. The van der Waals surface area contributed by atoms with Crippen LogP contribution < -0.4 is 10.6 Å². The van der Waals surface area contributed by atoms with Gasteiger partial charge in [-0.25, -0.2) is 4.98 Å². The summed E-state index contributed by atoms with van der Waals surface area (Å²) in [5.41, 5.74) is 9.55. The number of aliphatic hydroxyl groups excluding tert-OH is 1. The molecule has 4 heterocycles. The number of carbonyl (C=O) groups is 1. The Morgan fingerprint density at radius 3 is 2.76 bits per heavy atom. The molecule has 2 atom stereocenters. The van der Waals surface area contributed by atoms with Gasteiger partial charge in [0, 0.05) is 18.4 Å². The Morgan fingerprint density at radius 1 is 1.21 bits per heavy atom. The highest BCUT2D eigenvalue weighted by atomic mass is 16.3. The average molecular weight is 458 g/mol. The quantitative estimate of drug-likeness (QED) is 0.559. The van der Waals surface area contributed by atoms with Crippen molar-refractivity contribution in [2.24, 2.45) is 11.7 Å². The van der Waals surface area contributed by atoms with Crippen molar-refractivity contribution in [1.29, 1.82) is 0 Å². The summed E-state index contributed by atoms with van der Waals surface area (Å²) in [4.78, 5) is 22.8. The summed E-state index contributed by atoms with van der Waals surface area (Å²) in [7, 11) is 0. The van der Waals surface area contributed by atoms with Crippen molar-refractivity contribution in [2.45, 2.75) is 38.8 Å². The maximum Gasteiger partial charge on any atom is 0.267 e. The van der Waals surface area contributed by atoms with Gasteiger partial charge in [-0.3, -0.25) is 9.78 Å². The van der Waals surface area contributed by atoms with Gasteiger partial charge in [0.2, 0.25) is 0 Å². The van der Waals surface area contributed by atoms with Crippen LogP contribution in [0.2, 0.25) is 0 Å². The minimum atomic E-state index is -0.553.